The van der Waals surface area contributed by atoms with Crippen molar-refractivity contribution in [3.63, 3.8) is 0 Å². The van der Waals surface area contributed by atoms with Gasteiger partial charge in [0, 0.05) is 18.1 Å². The first-order chi connectivity index (χ1) is 15.2. The van der Waals surface area contributed by atoms with Crippen LogP contribution in [0.25, 0.3) is 0 Å². The van der Waals surface area contributed by atoms with Crippen molar-refractivity contribution in [2.45, 2.75) is 19.9 Å². The number of nitrogens with zero attached hydrogens (tertiary/aromatic N) is 1. The van der Waals surface area contributed by atoms with Crippen LogP contribution in [0.5, 0.6) is 5.75 Å². The molecule has 11 heteroatoms. The Morgan fingerprint density at radius 1 is 1.09 bits per heavy atom. The van der Waals surface area contributed by atoms with Gasteiger partial charge in [0.25, 0.3) is 6.43 Å². The fraction of sp³-hybridized carbons (Fsp3) is 0.286. The molecular formula is C21H23ClF2N4O4. The number of nitrogens with one attached hydrogen (secondary N) is 3. The van der Waals surface area contributed by atoms with Crippen LogP contribution >= 0.6 is 11.6 Å². The highest BCUT2D eigenvalue weighted by molar-refractivity contribution is 6.30. The smallest absolute Gasteiger partial charge is 0.321 e. The van der Waals surface area contributed by atoms with Gasteiger partial charge in [-0.2, -0.15) is 0 Å². The van der Waals surface area contributed by atoms with Crippen molar-refractivity contribution in [1.82, 2.24) is 16.0 Å². The number of benzene rings is 2. The predicted octanol–water partition coefficient (Wildman–Crippen LogP) is 3.78. The second-order valence-electron chi connectivity index (χ2n) is 6.71. The molecule has 0 heterocycles. The Morgan fingerprint density at radius 2 is 1.75 bits per heavy atom. The third kappa shape index (κ3) is 9.17. The van der Waals surface area contributed by atoms with E-state index in [2.05, 4.69) is 20.9 Å². The molecule has 1 atom stereocenters. The number of alkyl halides is 2. The van der Waals surface area contributed by atoms with Gasteiger partial charge in [0.1, 0.15) is 12.4 Å². The molecule has 0 fully saturated rings. The van der Waals surface area contributed by atoms with Gasteiger partial charge in [-0.1, -0.05) is 30.7 Å². The van der Waals surface area contributed by atoms with E-state index in [1.807, 2.05) is 0 Å². The third-order valence-corrected chi connectivity index (χ3v) is 4.30. The summed E-state index contributed by atoms with van der Waals surface area (Å²) in [5, 5.41) is 17.5. The highest BCUT2D eigenvalue weighted by Crippen LogP contribution is 2.18. The standard InChI is InChI=1S/C21H23ClF2N4O4/c1-13(19(29)30)10-26-21(31)28-20(25-11-14-2-4-15(22)5-3-14)27-16-6-8-17(9-7-16)32-12-18(23)24/h2-9,13,18H,10-12H2,1H3,(H,29,30)(H3,25,26,27,28,31)/t13-/m0/s1. The minimum absolute atomic E-state index is 0.0677. The molecule has 0 spiro atoms. The lowest BCUT2D eigenvalue weighted by atomic mass is 10.2. The normalized spacial score (nSPS) is 12.2. The molecule has 0 aliphatic rings. The van der Waals surface area contributed by atoms with Crippen LogP contribution < -0.4 is 20.7 Å². The van der Waals surface area contributed by atoms with E-state index in [4.69, 9.17) is 21.4 Å². The van der Waals surface area contributed by atoms with Crippen LogP contribution in [-0.2, 0) is 11.3 Å². The Morgan fingerprint density at radius 3 is 2.34 bits per heavy atom. The first-order valence-electron chi connectivity index (χ1n) is 9.58. The van der Waals surface area contributed by atoms with Gasteiger partial charge in [-0.05, 0) is 42.0 Å². The number of carbonyl (C=O) groups is 2. The molecule has 0 bridgehead atoms. The van der Waals surface area contributed by atoms with Crippen LogP contribution in [0.2, 0.25) is 5.02 Å². The summed E-state index contributed by atoms with van der Waals surface area (Å²) in [5.74, 6) is -1.44. The Kier molecular flexibility index (Phi) is 9.68. The minimum atomic E-state index is -2.58. The van der Waals surface area contributed by atoms with Gasteiger partial charge < -0.3 is 20.5 Å². The van der Waals surface area contributed by atoms with Crippen molar-refractivity contribution in [3.8, 4) is 5.75 Å². The fourth-order valence-corrected chi connectivity index (χ4v) is 2.42. The summed E-state index contributed by atoms with van der Waals surface area (Å²) in [4.78, 5) is 27.4. The number of rotatable bonds is 9. The highest BCUT2D eigenvalue weighted by Gasteiger charge is 2.13. The number of hydrogen-bond donors (Lipinski definition) is 4. The molecule has 172 valence electrons. The average Bonchev–Trinajstić information content (AvgIpc) is 2.76. The van der Waals surface area contributed by atoms with E-state index in [0.29, 0.717) is 17.3 Å². The quantitative estimate of drug-likeness (QED) is 0.330. The SMILES string of the molecule is C[C@@H](CNC(=O)N/C(=N\c1ccc(OCC(F)F)cc1)NCc1ccc(Cl)cc1)C(=O)O. The molecule has 0 aliphatic heterocycles. The lowest BCUT2D eigenvalue weighted by Gasteiger charge is -2.14. The van der Waals surface area contributed by atoms with E-state index in [9.17, 15) is 18.4 Å². The number of hydrogen-bond acceptors (Lipinski definition) is 4. The topological polar surface area (TPSA) is 112 Å². The molecule has 4 N–H and O–H groups in total. The zero-order chi connectivity index (χ0) is 23.5. The largest absolute Gasteiger partial charge is 0.488 e. The second kappa shape index (κ2) is 12.5. The third-order valence-electron chi connectivity index (χ3n) is 4.05. The van der Waals surface area contributed by atoms with Gasteiger partial charge >= 0.3 is 12.0 Å². The van der Waals surface area contributed by atoms with Crippen molar-refractivity contribution >= 4 is 35.2 Å². The van der Waals surface area contributed by atoms with E-state index in [0.717, 1.165) is 5.56 Å². The van der Waals surface area contributed by atoms with Crippen molar-refractivity contribution in [2.75, 3.05) is 13.2 Å². The Bertz CT molecular complexity index is 924. The molecule has 0 unspecified atom stereocenters. The van der Waals surface area contributed by atoms with Crippen LogP contribution in [0, 0.1) is 5.92 Å². The van der Waals surface area contributed by atoms with E-state index >= 15 is 0 Å². The number of carboxylic acids is 1. The van der Waals surface area contributed by atoms with E-state index < -0.39 is 31.0 Å². The molecule has 0 radical (unpaired) electrons. The first-order valence-corrected chi connectivity index (χ1v) is 9.96. The van der Waals surface area contributed by atoms with Gasteiger partial charge in [-0.3, -0.25) is 10.1 Å². The lowest BCUT2D eigenvalue weighted by molar-refractivity contribution is -0.140. The fourth-order valence-electron chi connectivity index (χ4n) is 2.29. The van der Waals surface area contributed by atoms with Crippen LogP contribution in [-0.4, -0.2) is 42.6 Å². The Hall–Kier alpha value is -3.40. The van der Waals surface area contributed by atoms with Gasteiger partial charge in [-0.15, -0.1) is 0 Å². The molecule has 8 nitrogen and oxygen atoms in total. The van der Waals surface area contributed by atoms with Crippen molar-refractivity contribution in [2.24, 2.45) is 10.9 Å². The molecule has 0 aromatic heterocycles. The number of halogens is 3. The first kappa shape index (κ1) is 24.9. The van der Waals surface area contributed by atoms with Gasteiger partial charge in [-0.25, -0.2) is 18.6 Å². The Labute approximate surface area is 188 Å². The Balaban J connectivity index is 2.08. The van der Waals surface area contributed by atoms with Crippen LogP contribution in [0.15, 0.2) is 53.5 Å². The minimum Gasteiger partial charge on any atom is -0.488 e. The molecule has 2 rings (SSSR count). The number of carbonyl (C=O) groups excluding carboxylic acids is 1. The number of urea groups is 1. The van der Waals surface area contributed by atoms with Crippen molar-refractivity contribution in [1.29, 1.82) is 0 Å². The number of guanidine groups is 1. The number of ether oxygens (including phenoxy) is 1. The summed E-state index contributed by atoms with van der Waals surface area (Å²) in [6, 6.07) is 12.4. The number of amides is 2. The summed E-state index contributed by atoms with van der Waals surface area (Å²) in [6.07, 6.45) is -2.58. The highest BCUT2D eigenvalue weighted by atomic mass is 35.5. The molecule has 0 saturated heterocycles. The molecule has 0 saturated carbocycles. The maximum atomic E-state index is 12.3. The average molecular weight is 469 g/mol. The molecule has 2 aromatic carbocycles. The number of carboxylic acid groups (broad SMARTS) is 1. The molecule has 2 amide bonds. The molecular weight excluding hydrogens is 446 g/mol. The van der Waals surface area contributed by atoms with Crippen LogP contribution in [0.3, 0.4) is 0 Å². The lowest BCUT2D eigenvalue weighted by Crippen LogP contribution is -2.47. The second-order valence-corrected chi connectivity index (χ2v) is 7.15. The molecule has 2 aromatic rings. The van der Waals surface area contributed by atoms with Gasteiger partial charge in [0.2, 0.25) is 5.96 Å². The zero-order valence-corrected chi connectivity index (χ0v) is 17.9. The maximum absolute atomic E-state index is 12.3. The summed E-state index contributed by atoms with van der Waals surface area (Å²) in [6.45, 7) is 1.00. The number of aliphatic imine (C=N–C) groups is 1. The number of aliphatic carboxylic acids is 1. The van der Waals surface area contributed by atoms with Gasteiger partial charge in [0.05, 0.1) is 11.6 Å². The maximum Gasteiger partial charge on any atom is 0.321 e. The monoisotopic (exact) mass is 468 g/mol. The van der Waals surface area contributed by atoms with Crippen LogP contribution in [0.1, 0.15) is 12.5 Å². The summed E-state index contributed by atoms with van der Waals surface area (Å²) in [5.41, 5.74) is 1.30. The molecule has 32 heavy (non-hydrogen) atoms. The molecule has 0 aliphatic carbocycles. The predicted molar refractivity (Wildman–Crippen MR) is 117 cm³/mol. The van der Waals surface area contributed by atoms with E-state index in [-0.39, 0.29) is 18.3 Å². The summed E-state index contributed by atoms with van der Waals surface area (Å²) in [7, 11) is 0. The van der Waals surface area contributed by atoms with Crippen molar-refractivity contribution < 1.29 is 28.2 Å². The van der Waals surface area contributed by atoms with Crippen molar-refractivity contribution in [3.05, 3.63) is 59.1 Å². The zero-order valence-electron chi connectivity index (χ0n) is 17.1. The van der Waals surface area contributed by atoms with E-state index in [1.165, 1.54) is 31.2 Å². The van der Waals surface area contributed by atoms with Gasteiger partial charge in [0.15, 0.2) is 0 Å². The summed E-state index contributed by atoms with van der Waals surface area (Å²) < 4.78 is 29.4. The van der Waals surface area contributed by atoms with E-state index in [1.54, 1.807) is 24.3 Å². The summed E-state index contributed by atoms with van der Waals surface area (Å²) >= 11 is 5.88. The van der Waals surface area contributed by atoms with Crippen LogP contribution in [0.4, 0.5) is 19.3 Å².